The van der Waals surface area contributed by atoms with Crippen LogP contribution in [0.2, 0.25) is 0 Å². The Hall–Kier alpha value is -4.09. The van der Waals surface area contributed by atoms with Gasteiger partial charge in [0.2, 0.25) is 0 Å². The molecule has 0 amide bonds. The molecule has 0 atom stereocenters. The number of ether oxygens (including phenoxy) is 1. The number of hydrogen-bond donors (Lipinski definition) is 3. The lowest BCUT2D eigenvalue weighted by molar-refractivity contribution is 0.416. The molecule has 0 saturated heterocycles. The average Bonchev–Trinajstić information content (AvgIpc) is 2.99. The molecule has 0 saturated carbocycles. The molecule has 1 heterocycles. The Balaban J connectivity index is 0.000000754. The summed E-state index contributed by atoms with van der Waals surface area (Å²) in [5, 5.41) is 12.6. The van der Waals surface area contributed by atoms with Crippen molar-refractivity contribution in [3.05, 3.63) is 108 Å². The van der Waals surface area contributed by atoms with E-state index in [2.05, 4.69) is 130 Å². The van der Waals surface area contributed by atoms with Crippen LogP contribution in [-0.4, -0.2) is 25.7 Å². The Morgan fingerprint density at radius 2 is 1.59 bits per heavy atom. The van der Waals surface area contributed by atoms with Gasteiger partial charge in [-0.25, -0.2) is 0 Å². The molecule has 44 heavy (non-hydrogen) atoms. The molecule has 0 unspecified atom stereocenters. The zero-order chi connectivity index (χ0) is 32.7. The molecule has 4 rings (SSSR count). The summed E-state index contributed by atoms with van der Waals surface area (Å²) in [6.45, 7) is 21.5. The van der Waals surface area contributed by atoms with Gasteiger partial charge < -0.3 is 20.7 Å². The smallest absolute Gasteiger partial charge is 0.142 e. The van der Waals surface area contributed by atoms with Crippen LogP contribution in [0.25, 0.3) is 21.9 Å². The van der Waals surface area contributed by atoms with Crippen LogP contribution in [0.5, 0.6) is 5.75 Å². The molecule has 0 aliphatic carbocycles. The van der Waals surface area contributed by atoms with Gasteiger partial charge >= 0.3 is 0 Å². The summed E-state index contributed by atoms with van der Waals surface area (Å²) in [5.41, 5.74) is 7.85. The highest BCUT2D eigenvalue weighted by Gasteiger charge is 2.17. The zero-order valence-corrected chi connectivity index (χ0v) is 28.7. The molecule has 5 nitrogen and oxygen atoms in total. The van der Waals surface area contributed by atoms with Crippen molar-refractivity contribution in [2.75, 3.05) is 31.3 Å². The van der Waals surface area contributed by atoms with Crippen molar-refractivity contribution < 1.29 is 4.74 Å². The molecular formula is C39H54N4O. The van der Waals surface area contributed by atoms with Crippen LogP contribution in [0.1, 0.15) is 71.2 Å². The molecule has 3 N–H and O–H groups in total. The van der Waals surface area contributed by atoms with Crippen LogP contribution in [0.15, 0.2) is 91.4 Å². The fourth-order valence-corrected chi connectivity index (χ4v) is 4.60. The Bertz CT molecular complexity index is 1510. The number of rotatable bonds is 9. The number of nitrogens with zero attached hydrogens (tertiary/aromatic N) is 1. The van der Waals surface area contributed by atoms with Crippen molar-refractivity contribution >= 4 is 22.1 Å². The predicted octanol–water partition coefficient (Wildman–Crippen LogP) is 10.4. The van der Waals surface area contributed by atoms with Gasteiger partial charge in [-0.3, -0.25) is 4.98 Å². The van der Waals surface area contributed by atoms with Gasteiger partial charge in [-0.05, 0) is 105 Å². The summed E-state index contributed by atoms with van der Waals surface area (Å²) < 4.78 is 5.67. The topological polar surface area (TPSA) is 58.2 Å². The maximum atomic E-state index is 5.67. The minimum absolute atomic E-state index is 0.0417. The number of pyridine rings is 1. The van der Waals surface area contributed by atoms with E-state index in [0.717, 1.165) is 52.6 Å². The highest BCUT2D eigenvalue weighted by molar-refractivity contribution is 6.03. The molecule has 0 aliphatic heterocycles. The van der Waals surface area contributed by atoms with Crippen molar-refractivity contribution in [3.8, 4) is 16.9 Å². The van der Waals surface area contributed by atoms with Gasteiger partial charge in [-0.1, -0.05) is 77.1 Å². The van der Waals surface area contributed by atoms with E-state index in [1.807, 2.05) is 33.2 Å². The minimum atomic E-state index is 0.0417. The van der Waals surface area contributed by atoms with Gasteiger partial charge in [0.05, 0.1) is 12.8 Å². The van der Waals surface area contributed by atoms with Gasteiger partial charge in [-0.15, -0.1) is 6.58 Å². The number of fused-ring (bicyclic) bond motifs is 1. The molecule has 236 valence electrons. The van der Waals surface area contributed by atoms with Crippen molar-refractivity contribution in [3.63, 3.8) is 0 Å². The molecule has 0 radical (unpaired) electrons. The second-order valence-electron chi connectivity index (χ2n) is 11.8. The molecular weight excluding hydrogens is 540 g/mol. The first-order chi connectivity index (χ1) is 21.0. The Morgan fingerprint density at radius 3 is 2.14 bits per heavy atom. The second-order valence-corrected chi connectivity index (χ2v) is 11.8. The van der Waals surface area contributed by atoms with Crippen molar-refractivity contribution in [2.45, 2.75) is 73.6 Å². The Morgan fingerprint density at radius 1 is 0.932 bits per heavy atom. The SMILES string of the molecule is C=CC.CCC=C(Nc1cc(C(C)(C)C)ccc1OC)Nc1ccc(-c2cnc(C)c(C)c2)c2ccccc12.CCCNC. The number of hydrogen-bond acceptors (Lipinski definition) is 5. The van der Waals surface area contributed by atoms with E-state index >= 15 is 0 Å². The summed E-state index contributed by atoms with van der Waals surface area (Å²) in [7, 11) is 3.67. The molecule has 0 bridgehead atoms. The Labute approximate surface area is 266 Å². The summed E-state index contributed by atoms with van der Waals surface area (Å²) in [6, 6.07) is 21.4. The summed E-state index contributed by atoms with van der Waals surface area (Å²) >= 11 is 0. The van der Waals surface area contributed by atoms with E-state index in [9.17, 15) is 0 Å². The quantitative estimate of drug-likeness (QED) is 0.168. The normalized spacial score (nSPS) is 11.1. The molecule has 0 fully saturated rings. The van der Waals surface area contributed by atoms with Gasteiger partial charge in [-0.2, -0.15) is 0 Å². The van der Waals surface area contributed by atoms with Crippen LogP contribution >= 0.6 is 0 Å². The highest BCUT2D eigenvalue weighted by Crippen LogP contribution is 2.36. The van der Waals surface area contributed by atoms with Crippen molar-refractivity contribution in [1.82, 2.24) is 10.3 Å². The van der Waals surface area contributed by atoms with Crippen LogP contribution in [0, 0.1) is 13.8 Å². The predicted molar refractivity (Wildman–Crippen MR) is 194 cm³/mol. The average molecular weight is 595 g/mol. The number of aromatic nitrogens is 1. The first kappa shape index (κ1) is 36.1. The first-order valence-corrected chi connectivity index (χ1v) is 15.6. The first-order valence-electron chi connectivity index (χ1n) is 15.6. The number of benzene rings is 3. The second kappa shape index (κ2) is 17.9. The third kappa shape index (κ3) is 10.3. The van der Waals surface area contributed by atoms with Gasteiger partial charge in [0.15, 0.2) is 0 Å². The van der Waals surface area contributed by atoms with Crippen LogP contribution in [0.3, 0.4) is 0 Å². The number of anilines is 2. The molecule has 4 aromatic rings. The van der Waals surface area contributed by atoms with Gasteiger partial charge in [0.1, 0.15) is 11.6 Å². The van der Waals surface area contributed by atoms with Crippen LogP contribution in [0.4, 0.5) is 11.4 Å². The van der Waals surface area contributed by atoms with Crippen molar-refractivity contribution in [1.29, 1.82) is 0 Å². The van der Waals surface area contributed by atoms with Crippen LogP contribution in [-0.2, 0) is 5.41 Å². The highest BCUT2D eigenvalue weighted by atomic mass is 16.5. The third-order valence-corrected chi connectivity index (χ3v) is 7.09. The van der Waals surface area contributed by atoms with E-state index in [-0.39, 0.29) is 5.41 Å². The fourth-order valence-electron chi connectivity index (χ4n) is 4.60. The summed E-state index contributed by atoms with van der Waals surface area (Å²) in [4.78, 5) is 4.60. The maximum Gasteiger partial charge on any atom is 0.142 e. The number of aryl methyl sites for hydroxylation is 2. The third-order valence-electron chi connectivity index (χ3n) is 7.09. The monoisotopic (exact) mass is 594 g/mol. The van der Waals surface area contributed by atoms with E-state index in [1.54, 1.807) is 13.2 Å². The number of allylic oxidation sites excluding steroid dienone is 2. The lowest BCUT2D eigenvalue weighted by Gasteiger charge is -2.23. The number of nitrogens with one attached hydrogen (secondary N) is 3. The largest absolute Gasteiger partial charge is 0.495 e. The minimum Gasteiger partial charge on any atom is -0.495 e. The number of methoxy groups -OCH3 is 1. The standard InChI is InChI=1S/C32H37N3O.C4H11N.C3H6/c1-8-11-31(35-29-19-24(32(4,5)6)14-17-30(29)36-7)34-28-16-15-25(26-12-9-10-13-27(26)28)23-18-21(2)22(3)33-20-23;1-3-4-5-2;1-3-2/h9-20,34-35H,8H2,1-7H3;5H,3-4H2,1-2H3;3H,1H2,2H3. The summed E-state index contributed by atoms with van der Waals surface area (Å²) in [5.74, 6) is 1.74. The Kier molecular flexibility index (Phi) is 14.7. The maximum absolute atomic E-state index is 5.67. The van der Waals surface area contributed by atoms with Crippen molar-refractivity contribution in [2.24, 2.45) is 0 Å². The fraction of sp³-hybridized carbons (Fsp3) is 0.359. The van der Waals surface area contributed by atoms with E-state index in [0.29, 0.717) is 0 Å². The molecule has 5 heteroatoms. The lowest BCUT2D eigenvalue weighted by Crippen LogP contribution is -2.14. The van der Waals surface area contributed by atoms with E-state index in [4.69, 9.17) is 4.74 Å². The lowest BCUT2D eigenvalue weighted by atomic mass is 9.87. The van der Waals surface area contributed by atoms with Gasteiger partial charge in [0.25, 0.3) is 0 Å². The van der Waals surface area contributed by atoms with E-state index < -0.39 is 0 Å². The van der Waals surface area contributed by atoms with Gasteiger partial charge in [0, 0.05) is 28.5 Å². The molecule has 3 aromatic carbocycles. The zero-order valence-electron chi connectivity index (χ0n) is 28.7. The molecule has 0 spiro atoms. The summed E-state index contributed by atoms with van der Waals surface area (Å²) in [6.07, 6.45) is 8.01. The van der Waals surface area contributed by atoms with Crippen LogP contribution < -0.4 is 20.7 Å². The van der Waals surface area contributed by atoms with E-state index in [1.165, 1.54) is 28.5 Å². The molecule has 1 aromatic heterocycles. The molecule has 0 aliphatic rings.